The summed E-state index contributed by atoms with van der Waals surface area (Å²) in [7, 11) is 0. The number of thioether (sulfide) groups is 1. The summed E-state index contributed by atoms with van der Waals surface area (Å²) in [4.78, 5) is 46.7. The van der Waals surface area contributed by atoms with E-state index in [2.05, 4.69) is 5.32 Å². The second kappa shape index (κ2) is 9.94. The third-order valence-electron chi connectivity index (χ3n) is 6.26. The van der Waals surface area contributed by atoms with Crippen molar-refractivity contribution in [3.63, 3.8) is 0 Å². The van der Waals surface area contributed by atoms with Crippen LogP contribution in [0.15, 0.2) is 51.0 Å². The number of nitrogens with zero attached hydrogens (tertiary/aromatic N) is 3. The molecule has 1 aliphatic rings. The fourth-order valence-electron chi connectivity index (χ4n) is 4.32. The van der Waals surface area contributed by atoms with Crippen LogP contribution in [0, 0.1) is 13.8 Å². The highest BCUT2D eigenvalue weighted by atomic mass is 32.2. The number of amides is 2. The Labute approximate surface area is 216 Å². The zero-order valence-corrected chi connectivity index (χ0v) is 21.9. The maximum absolute atomic E-state index is 13.7. The second-order valence-corrected chi connectivity index (χ2v) is 10.9. The SMILES string of the molecule is CC(=O)N1CCc2c(sc3nc(SCC(=O)Nc4cc(C)ccc4C)n(Cc4ccco4)c(=O)c23)C1. The second-order valence-electron chi connectivity index (χ2n) is 8.89. The van der Waals surface area contributed by atoms with Gasteiger partial charge in [-0.15, -0.1) is 11.3 Å². The molecule has 0 unspecified atom stereocenters. The summed E-state index contributed by atoms with van der Waals surface area (Å²) < 4.78 is 7.09. The van der Waals surface area contributed by atoms with Crippen molar-refractivity contribution in [3.8, 4) is 0 Å². The summed E-state index contributed by atoms with van der Waals surface area (Å²) in [5, 5.41) is 4.03. The van der Waals surface area contributed by atoms with Gasteiger partial charge in [0.25, 0.3) is 5.56 Å². The van der Waals surface area contributed by atoms with E-state index >= 15 is 0 Å². The smallest absolute Gasteiger partial charge is 0.263 e. The maximum Gasteiger partial charge on any atom is 0.263 e. The van der Waals surface area contributed by atoms with Crippen LogP contribution in [0.5, 0.6) is 0 Å². The fraction of sp³-hybridized carbons (Fsp3) is 0.308. The molecule has 3 aromatic heterocycles. The molecule has 5 rings (SSSR count). The van der Waals surface area contributed by atoms with Gasteiger partial charge in [0, 0.05) is 24.0 Å². The minimum atomic E-state index is -0.171. The van der Waals surface area contributed by atoms with Gasteiger partial charge < -0.3 is 14.6 Å². The first kappa shape index (κ1) is 24.3. The minimum absolute atomic E-state index is 0.0207. The minimum Gasteiger partial charge on any atom is -0.467 e. The lowest BCUT2D eigenvalue weighted by molar-refractivity contribution is -0.129. The van der Waals surface area contributed by atoms with Crippen LogP contribution in [-0.4, -0.2) is 38.6 Å². The van der Waals surface area contributed by atoms with Crippen LogP contribution in [0.3, 0.4) is 0 Å². The van der Waals surface area contributed by atoms with Crippen LogP contribution in [0.2, 0.25) is 0 Å². The van der Waals surface area contributed by atoms with E-state index in [4.69, 9.17) is 9.40 Å². The number of benzene rings is 1. The van der Waals surface area contributed by atoms with E-state index in [0.29, 0.717) is 40.6 Å². The highest BCUT2D eigenvalue weighted by molar-refractivity contribution is 7.99. The number of fused-ring (bicyclic) bond motifs is 3. The molecule has 4 heterocycles. The lowest BCUT2D eigenvalue weighted by Gasteiger charge is -2.25. The van der Waals surface area contributed by atoms with Crippen LogP contribution < -0.4 is 10.9 Å². The van der Waals surface area contributed by atoms with Crippen LogP contribution in [0.4, 0.5) is 5.69 Å². The molecule has 2 amide bonds. The Morgan fingerprint density at radius 2 is 2.08 bits per heavy atom. The molecule has 0 radical (unpaired) electrons. The predicted molar refractivity (Wildman–Crippen MR) is 142 cm³/mol. The van der Waals surface area contributed by atoms with Crippen molar-refractivity contribution in [2.45, 2.75) is 45.4 Å². The van der Waals surface area contributed by atoms with Gasteiger partial charge in [-0.25, -0.2) is 4.98 Å². The zero-order valence-electron chi connectivity index (χ0n) is 20.3. The number of anilines is 1. The first-order valence-electron chi connectivity index (χ1n) is 11.6. The number of aromatic nitrogens is 2. The van der Waals surface area contributed by atoms with Crippen LogP contribution >= 0.6 is 23.1 Å². The largest absolute Gasteiger partial charge is 0.467 e. The molecular weight excluding hydrogens is 496 g/mol. The van der Waals surface area contributed by atoms with E-state index in [1.807, 2.05) is 38.1 Å². The Morgan fingerprint density at radius 1 is 1.25 bits per heavy atom. The van der Waals surface area contributed by atoms with Crippen molar-refractivity contribution >= 4 is 50.8 Å². The molecule has 1 N–H and O–H groups in total. The zero-order chi connectivity index (χ0) is 25.4. The lowest BCUT2D eigenvalue weighted by atomic mass is 10.1. The standard InChI is InChI=1S/C26H26N4O4S2/c1-15-6-7-16(2)20(11-15)27-22(32)14-35-26-28-24-23(25(33)30(26)12-18-5-4-10-34-18)19-8-9-29(17(3)31)13-21(19)36-24/h4-7,10-11H,8-9,12-14H2,1-3H3,(H,27,32). The van der Waals surface area contributed by atoms with Crippen molar-refractivity contribution in [2.75, 3.05) is 17.6 Å². The molecule has 0 aliphatic carbocycles. The highest BCUT2D eigenvalue weighted by Crippen LogP contribution is 2.34. The summed E-state index contributed by atoms with van der Waals surface area (Å²) in [6, 6.07) is 9.50. The van der Waals surface area contributed by atoms with E-state index < -0.39 is 0 Å². The molecule has 0 saturated carbocycles. The Bertz CT molecular complexity index is 1520. The summed E-state index contributed by atoms with van der Waals surface area (Å²) in [6.07, 6.45) is 2.19. The first-order chi connectivity index (χ1) is 17.3. The molecule has 1 aromatic carbocycles. The normalized spacial score (nSPS) is 13.1. The Hall–Kier alpha value is -3.37. The van der Waals surface area contributed by atoms with Gasteiger partial charge >= 0.3 is 0 Å². The molecule has 0 saturated heterocycles. The van der Waals surface area contributed by atoms with Gasteiger partial charge in [-0.05, 0) is 55.2 Å². The highest BCUT2D eigenvalue weighted by Gasteiger charge is 2.26. The van der Waals surface area contributed by atoms with Gasteiger partial charge in [0.05, 0.1) is 30.5 Å². The number of carbonyl (C=O) groups excluding carboxylic acids is 2. The third-order valence-corrected chi connectivity index (χ3v) is 8.35. The summed E-state index contributed by atoms with van der Waals surface area (Å²) >= 11 is 2.68. The van der Waals surface area contributed by atoms with Crippen LogP contribution in [0.1, 0.15) is 34.3 Å². The molecule has 1 aliphatic heterocycles. The number of hydrogen-bond acceptors (Lipinski definition) is 7. The molecule has 0 bridgehead atoms. The van der Waals surface area contributed by atoms with E-state index in [9.17, 15) is 14.4 Å². The van der Waals surface area contributed by atoms with E-state index in [0.717, 1.165) is 27.3 Å². The van der Waals surface area contributed by atoms with Gasteiger partial charge in [0.15, 0.2) is 5.16 Å². The number of hydrogen-bond donors (Lipinski definition) is 1. The van der Waals surface area contributed by atoms with Crippen molar-refractivity contribution < 1.29 is 14.0 Å². The summed E-state index contributed by atoms with van der Waals surface area (Å²) in [5.74, 6) is 0.585. The Morgan fingerprint density at radius 3 is 2.83 bits per heavy atom. The number of rotatable bonds is 6. The van der Waals surface area contributed by atoms with Crippen LogP contribution in [-0.2, 0) is 29.1 Å². The predicted octanol–water partition coefficient (Wildman–Crippen LogP) is 4.35. The average molecular weight is 523 g/mol. The number of carbonyl (C=O) groups is 2. The molecular formula is C26H26N4O4S2. The Balaban J connectivity index is 1.47. The average Bonchev–Trinajstić information content (AvgIpc) is 3.49. The van der Waals surface area contributed by atoms with Gasteiger partial charge in [0.2, 0.25) is 11.8 Å². The van der Waals surface area contributed by atoms with Crippen LogP contribution in [0.25, 0.3) is 10.2 Å². The molecule has 10 heteroatoms. The number of aryl methyl sites for hydroxylation is 2. The molecule has 0 spiro atoms. The van der Waals surface area contributed by atoms with Gasteiger partial charge in [-0.2, -0.15) is 0 Å². The number of thiophene rings is 1. The number of nitrogens with one attached hydrogen (secondary N) is 1. The third kappa shape index (κ3) is 4.83. The van der Waals surface area contributed by atoms with Crippen molar-refractivity contribution in [2.24, 2.45) is 0 Å². The monoisotopic (exact) mass is 522 g/mol. The topological polar surface area (TPSA) is 97.4 Å². The van der Waals surface area contributed by atoms with Crippen molar-refractivity contribution in [1.82, 2.24) is 14.5 Å². The summed E-state index contributed by atoms with van der Waals surface area (Å²) in [6.45, 7) is 6.78. The molecule has 0 atom stereocenters. The molecule has 36 heavy (non-hydrogen) atoms. The Kier molecular flexibility index (Phi) is 6.72. The summed E-state index contributed by atoms with van der Waals surface area (Å²) in [5.41, 5.74) is 3.65. The number of furan rings is 1. The fourth-order valence-corrected chi connectivity index (χ4v) is 6.40. The van der Waals surface area contributed by atoms with Gasteiger partial charge in [0.1, 0.15) is 10.6 Å². The lowest BCUT2D eigenvalue weighted by Crippen LogP contribution is -2.34. The quantitative estimate of drug-likeness (QED) is 0.299. The van der Waals surface area contributed by atoms with E-state index in [1.165, 1.54) is 23.1 Å². The molecule has 8 nitrogen and oxygen atoms in total. The molecule has 186 valence electrons. The van der Waals surface area contributed by atoms with Crippen molar-refractivity contribution in [1.29, 1.82) is 0 Å². The molecule has 0 fully saturated rings. The maximum atomic E-state index is 13.7. The molecule has 4 aromatic rings. The van der Waals surface area contributed by atoms with E-state index in [1.54, 1.807) is 28.7 Å². The van der Waals surface area contributed by atoms with Crippen molar-refractivity contribution in [3.05, 3.63) is 74.3 Å². The van der Waals surface area contributed by atoms with Gasteiger partial charge in [-0.1, -0.05) is 23.9 Å². The first-order valence-corrected chi connectivity index (χ1v) is 13.4. The van der Waals surface area contributed by atoms with E-state index in [-0.39, 0.29) is 29.7 Å². The van der Waals surface area contributed by atoms with Gasteiger partial charge in [-0.3, -0.25) is 19.0 Å².